The Morgan fingerprint density at radius 3 is 2.59 bits per heavy atom. The molecule has 27 heavy (non-hydrogen) atoms. The van der Waals surface area contributed by atoms with E-state index in [0.717, 1.165) is 11.3 Å². The molecule has 0 bridgehead atoms. The lowest BCUT2D eigenvalue weighted by atomic mass is 9.94. The van der Waals surface area contributed by atoms with Crippen LogP contribution in [0.25, 0.3) is 0 Å². The zero-order valence-corrected chi connectivity index (χ0v) is 18.9. The van der Waals surface area contributed by atoms with Crippen molar-refractivity contribution in [1.29, 1.82) is 0 Å². The fourth-order valence-corrected chi connectivity index (χ4v) is 2.33. The lowest BCUT2D eigenvalue weighted by Gasteiger charge is -2.18. The third kappa shape index (κ3) is 6.37. The van der Waals surface area contributed by atoms with Gasteiger partial charge in [-0.05, 0) is 24.6 Å². The van der Waals surface area contributed by atoms with Gasteiger partial charge in [-0.2, -0.15) is 0 Å². The average Bonchev–Trinajstić information content (AvgIpc) is 3.07. The Morgan fingerprint density at radius 1 is 1.37 bits per heavy atom. The zero-order valence-electron chi connectivity index (χ0n) is 16.6. The van der Waals surface area contributed by atoms with Crippen LogP contribution in [-0.4, -0.2) is 25.1 Å². The third-order valence-corrected chi connectivity index (χ3v) is 3.95. The van der Waals surface area contributed by atoms with Gasteiger partial charge in [-0.15, -0.1) is 24.0 Å². The number of nitrogens with one attached hydrogen (secondary N) is 2. The van der Waals surface area contributed by atoms with E-state index in [4.69, 9.17) is 9.15 Å². The van der Waals surface area contributed by atoms with Crippen molar-refractivity contribution in [2.45, 2.75) is 45.7 Å². The number of aliphatic imine (C=N–C) groups is 1. The first-order valence-corrected chi connectivity index (χ1v) is 8.50. The molecule has 150 valence electrons. The molecule has 0 aliphatic rings. The van der Waals surface area contributed by atoms with Crippen LogP contribution in [0.15, 0.2) is 33.8 Å². The molecule has 2 rings (SSSR count). The van der Waals surface area contributed by atoms with E-state index < -0.39 is 5.82 Å². The Morgan fingerprint density at radius 2 is 2.07 bits per heavy atom. The normalized spacial score (nSPS) is 12.9. The lowest BCUT2D eigenvalue weighted by Crippen LogP contribution is -2.38. The van der Waals surface area contributed by atoms with Crippen LogP contribution in [0, 0.1) is 5.82 Å². The molecule has 0 saturated heterocycles. The number of aromatic nitrogens is 1. The first-order chi connectivity index (χ1) is 12.2. The van der Waals surface area contributed by atoms with Gasteiger partial charge >= 0.3 is 0 Å². The number of hydrogen-bond donors (Lipinski definition) is 2. The summed E-state index contributed by atoms with van der Waals surface area (Å²) in [6, 6.07) is 4.74. The van der Waals surface area contributed by atoms with Gasteiger partial charge in [0.05, 0.1) is 25.9 Å². The minimum absolute atomic E-state index is 0. The van der Waals surface area contributed by atoms with E-state index in [1.807, 2.05) is 13.0 Å². The van der Waals surface area contributed by atoms with Gasteiger partial charge in [0, 0.05) is 12.5 Å². The van der Waals surface area contributed by atoms with Crippen LogP contribution < -0.4 is 15.4 Å². The van der Waals surface area contributed by atoms with Gasteiger partial charge in [0.1, 0.15) is 5.76 Å². The number of guanidine groups is 1. The Balaban J connectivity index is 0.00000364. The maximum atomic E-state index is 13.9. The molecule has 0 aliphatic heterocycles. The molecule has 1 heterocycles. The second-order valence-corrected chi connectivity index (χ2v) is 7.05. The SMILES string of the molecule is CN=C(NCc1ncc(C(C)(C)C)o1)NC(C)c1ccc(OC)c(F)c1.I. The summed E-state index contributed by atoms with van der Waals surface area (Å²) in [5, 5.41) is 6.37. The number of halogens is 2. The fraction of sp³-hybridized carbons (Fsp3) is 0.474. The van der Waals surface area contributed by atoms with Crippen molar-refractivity contribution in [2.24, 2.45) is 4.99 Å². The van der Waals surface area contributed by atoms with Gasteiger partial charge < -0.3 is 19.8 Å². The van der Waals surface area contributed by atoms with E-state index in [1.165, 1.54) is 13.2 Å². The van der Waals surface area contributed by atoms with Gasteiger partial charge in [-0.25, -0.2) is 9.37 Å². The number of rotatable bonds is 5. The molecule has 1 aromatic heterocycles. The molecule has 8 heteroatoms. The Hall–Kier alpha value is -1.84. The number of methoxy groups -OCH3 is 1. The maximum absolute atomic E-state index is 13.9. The smallest absolute Gasteiger partial charge is 0.213 e. The first-order valence-electron chi connectivity index (χ1n) is 8.50. The molecule has 2 N–H and O–H groups in total. The average molecular weight is 490 g/mol. The summed E-state index contributed by atoms with van der Waals surface area (Å²) in [6.45, 7) is 8.54. The molecule has 1 aromatic carbocycles. The monoisotopic (exact) mass is 490 g/mol. The standard InChI is InChI=1S/C19H27FN4O2.HI/c1-12(13-7-8-15(25-6)14(20)9-13)24-18(21-5)23-11-17-22-10-16(26-17)19(2,3)4;/h7-10,12H,11H2,1-6H3,(H2,21,23,24);1H. The van der Waals surface area contributed by atoms with Crippen LogP contribution in [0.5, 0.6) is 5.75 Å². The Bertz CT molecular complexity index is 771. The van der Waals surface area contributed by atoms with E-state index in [9.17, 15) is 4.39 Å². The van der Waals surface area contributed by atoms with Gasteiger partial charge in [0.15, 0.2) is 17.5 Å². The number of oxazole rings is 1. The van der Waals surface area contributed by atoms with Gasteiger partial charge in [-0.1, -0.05) is 26.8 Å². The van der Waals surface area contributed by atoms with Crippen molar-refractivity contribution < 1.29 is 13.5 Å². The summed E-state index contributed by atoms with van der Waals surface area (Å²) >= 11 is 0. The van der Waals surface area contributed by atoms with Crippen molar-refractivity contribution in [3.05, 3.63) is 47.4 Å². The summed E-state index contributed by atoms with van der Waals surface area (Å²) < 4.78 is 24.6. The Labute approximate surface area is 177 Å². The number of hydrogen-bond acceptors (Lipinski definition) is 4. The van der Waals surface area contributed by atoms with Gasteiger partial charge in [-0.3, -0.25) is 4.99 Å². The van der Waals surface area contributed by atoms with Crippen LogP contribution in [-0.2, 0) is 12.0 Å². The molecule has 0 amide bonds. The highest BCUT2D eigenvalue weighted by molar-refractivity contribution is 14.0. The summed E-state index contributed by atoms with van der Waals surface area (Å²) in [6.07, 6.45) is 1.75. The summed E-state index contributed by atoms with van der Waals surface area (Å²) in [5.74, 6) is 1.82. The van der Waals surface area contributed by atoms with E-state index in [0.29, 0.717) is 18.4 Å². The predicted molar refractivity (Wildman–Crippen MR) is 115 cm³/mol. The highest BCUT2D eigenvalue weighted by Crippen LogP contribution is 2.23. The minimum Gasteiger partial charge on any atom is -0.494 e. The minimum atomic E-state index is -0.393. The molecular weight excluding hydrogens is 462 g/mol. The highest BCUT2D eigenvalue weighted by atomic mass is 127. The van der Waals surface area contributed by atoms with E-state index in [-0.39, 0.29) is 41.2 Å². The van der Waals surface area contributed by atoms with Gasteiger partial charge in [0.25, 0.3) is 0 Å². The zero-order chi connectivity index (χ0) is 19.3. The third-order valence-electron chi connectivity index (χ3n) is 3.95. The summed E-state index contributed by atoms with van der Waals surface area (Å²) in [4.78, 5) is 8.47. The van der Waals surface area contributed by atoms with Crippen molar-refractivity contribution in [3.8, 4) is 5.75 Å². The number of ether oxygens (including phenoxy) is 1. The number of nitrogens with zero attached hydrogens (tertiary/aromatic N) is 2. The number of benzene rings is 1. The van der Waals surface area contributed by atoms with Crippen molar-refractivity contribution >= 4 is 29.9 Å². The lowest BCUT2D eigenvalue weighted by molar-refractivity contribution is 0.379. The molecule has 6 nitrogen and oxygen atoms in total. The van der Waals surface area contributed by atoms with Crippen LogP contribution in [0.3, 0.4) is 0 Å². The molecule has 1 unspecified atom stereocenters. The molecule has 0 spiro atoms. The molecule has 0 fully saturated rings. The summed E-state index contributed by atoms with van der Waals surface area (Å²) in [5.41, 5.74) is 0.704. The second-order valence-electron chi connectivity index (χ2n) is 7.05. The molecule has 2 aromatic rings. The maximum Gasteiger partial charge on any atom is 0.213 e. The predicted octanol–water partition coefficient (Wildman–Crippen LogP) is 4.16. The highest BCUT2D eigenvalue weighted by Gasteiger charge is 2.19. The fourth-order valence-electron chi connectivity index (χ4n) is 2.33. The molecular formula is C19H28FIN4O2. The van der Waals surface area contributed by atoms with Crippen LogP contribution in [0.2, 0.25) is 0 Å². The quantitative estimate of drug-likeness (QED) is 0.374. The topological polar surface area (TPSA) is 71.7 Å². The van der Waals surface area contributed by atoms with Gasteiger partial charge in [0.2, 0.25) is 5.89 Å². The van der Waals surface area contributed by atoms with Crippen LogP contribution >= 0.6 is 24.0 Å². The molecule has 0 saturated carbocycles. The van der Waals surface area contributed by atoms with Crippen LogP contribution in [0.4, 0.5) is 4.39 Å². The van der Waals surface area contributed by atoms with Crippen molar-refractivity contribution in [2.75, 3.05) is 14.2 Å². The first kappa shape index (κ1) is 23.2. The van der Waals surface area contributed by atoms with E-state index in [1.54, 1.807) is 19.3 Å². The summed E-state index contributed by atoms with van der Waals surface area (Å²) in [7, 11) is 3.12. The second kappa shape index (κ2) is 9.91. The molecule has 0 radical (unpaired) electrons. The van der Waals surface area contributed by atoms with Crippen molar-refractivity contribution in [1.82, 2.24) is 15.6 Å². The largest absolute Gasteiger partial charge is 0.494 e. The van der Waals surface area contributed by atoms with E-state index in [2.05, 4.69) is 41.4 Å². The van der Waals surface area contributed by atoms with E-state index >= 15 is 0 Å². The van der Waals surface area contributed by atoms with Crippen molar-refractivity contribution in [3.63, 3.8) is 0 Å². The Kier molecular flexibility index (Phi) is 8.52. The molecule has 1 atom stereocenters. The van der Waals surface area contributed by atoms with Crippen LogP contribution in [0.1, 0.15) is 51.0 Å². The molecule has 0 aliphatic carbocycles.